The van der Waals surface area contributed by atoms with Crippen LogP contribution in [-0.4, -0.2) is 54.4 Å². The molecular weight excluding hydrogens is 382 g/mol. The van der Waals surface area contributed by atoms with Crippen LogP contribution in [0, 0.1) is 11.3 Å². The largest absolute Gasteiger partial charge is 0.496 e. The molecule has 4 rings (SSSR count). The van der Waals surface area contributed by atoms with Gasteiger partial charge in [0.1, 0.15) is 30.0 Å². The van der Waals surface area contributed by atoms with Crippen molar-refractivity contribution in [1.29, 1.82) is 5.26 Å². The van der Waals surface area contributed by atoms with Gasteiger partial charge in [-0.3, -0.25) is 0 Å². The maximum absolute atomic E-state index is 8.82. The summed E-state index contributed by atoms with van der Waals surface area (Å²) in [6, 6.07) is 8.52. The summed E-state index contributed by atoms with van der Waals surface area (Å²) in [6.45, 7) is 1.83. The average molecular weight is 409 g/mol. The molecule has 1 aromatic carbocycles. The molecule has 0 bridgehead atoms. The van der Waals surface area contributed by atoms with Crippen molar-refractivity contribution in [3.05, 3.63) is 41.9 Å². The van der Waals surface area contributed by atoms with Crippen LogP contribution >= 0.6 is 0 Å². The van der Waals surface area contributed by atoms with Gasteiger partial charge in [-0.15, -0.1) is 0 Å². The summed E-state index contributed by atoms with van der Waals surface area (Å²) >= 11 is 0. The number of hydrogen-bond acceptors (Lipinski definition) is 9. The van der Waals surface area contributed by atoms with Gasteiger partial charge in [0.2, 0.25) is 0 Å². The second kappa shape index (κ2) is 9.26. The summed E-state index contributed by atoms with van der Waals surface area (Å²) in [4.78, 5) is 10.6. The summed E-state index contributed by atoms with van der Waals surface area (Å²) in [5, 5.41) is 12.1. The van der Waals surface area contributed by atoms with Crippen molar-refractivity contribution in [3.63, 3.8) is 0 Å². The fourth-order valence-corrected chi connectivity index (χ4v) is 3.94. The Morgan fingerprint density at radius 3 is 2.90 bits per heavy atom. The summed E-state index contributed by atoms with van der Waals surface area (Å²) in [6.07, 6.45) is 6.17. The van der Waals surface area contributed by atoms with Crippen LogP contribution in [0.3, 0.4) is 0 Å². The molecule has 3 heterocycles. The maximum atomic E-state index is 8.82. The van der Waals surface area contributed by atoms with E-state index in [1.54, 1.807) is 13.3 Å². The highest BCUT2D eigenvalue weighted by atomic mass is 16.5. The van der Waals surface area contributed by atoms with Crippen LogP contribution in [0.25, 0.3) is 0 Å². The first-order valence-electron chi connectivity index (χ1n) is 10.2. The number of nitriles is 1. The van der Waals surface area contributed by atoms with Crippen molar-refractivity contribution >= 4 is 5.82 Å². The molecule has 9 heteroatoms. The Balaban J connectivity index is 1.36. The number of rotatable bonds is 7. The lowest BCUT2D eigenvalue weighted by molar-refractivity contribution is 0.197. The zero-order valence-electron chi connectivity index (χ0n) is 17.3. The lowest BCUT2D eigenvalue weighted by atomic mass is 10.0. The first-order chi connectivity index (χ1) is 14.7. The van der Waals surface area contributed by atoms with Crippen LogP contribution in [0.2, 0.25) is 0 Å². The Hall–Kier alpha value is -2.93. The molecule has 2 aliphatic rings. The summed E-state index contributed by atoms with van der Waals surface area (Å²) in [7, 11) is 3.83. The summed E-state index contributed by atoms with van der Waals surface area (Å²) < 4.78 is 11.7. The van der Waals surface area contributed by atoms with Gasteiger partial charge in [0.15, 0.2) is 5.69 Å². The number of likely N-dealkylation sites (tertiary alicyclic amines) is 1. The number of anilines is 1. The third-order valence-corrected chi connectivity index (χ3v) is 5.69. The Morgan fingerprint density at radius 2 is 2.20 bits per heavy atom. The van der Waals surface area contributed by atoms with E-state index in [0.717, 1.165) is 30.0 Å². The molecule has 3 N–H and O–H groups in total. The SMILES string of the molecule is COc1cc(OC[C@H]2CCCN2C)ccc1C1CC(Nc2cnc(C#N)cn2)NN1. The second-order valence-corrected chi connectivity index (χ2v) is 7.66. The average Bonchev–Trinajstić information content (AvgIpc) is 3.41. The maximum Gasteiger partial charge on any atom is 0.158 e. The minimum absolute atomic E-state index is 0.0317. The van der Waals surface area contributed by atoms with Gasteiger partial charge in [0.25, 0.3) is 0 Å². The lowest BCUT2D eigenvalue weighted by Crippen LogP contribution is -2.36. The topological polar surface area (TPSA) is 107 Å². The molecule has 2 unspecified atom stereocenters. The molecule has 2 fully saturated rings. The highest BCUT2D eigenvalue weighted by Gasteiger charge is 2.28. The molecule has 2 aliphatic heterocycles. The molecule has 2 aromatic rings. The van der Waals surface area contributed by atoms with Gasteiger partial charge in [-0.25, -0.2) is 20.8 Å². The molecule has 2 saturated heterocycles. The lowest BCUT2D eigenvalue weighted by Gasteiger charge is -2.20. The second-order valence-electron chi connectivity index (χ2n) is 7.66. The summed E-state index contributed by atoms with van der Waals surface area (Å²) in [5.74, 6) is 2.23. The van der Waals surface area contributed by atoms with Gasteiger partial charge in [-0.2, -0.15) is 5.26 Å². The Labute approximate surface area is 176 Å². The number of hydrogen-bond donors (Lipinski definition) is 3. The molecule has 0 spiro atoms. The fourth-order valence-electron chi connectivity index (χ4n) is 3.94. The molecule has 0 radical (unpaired) electrons. The van der Waals surface area contributed by atoms with E-state index in [0.29, 0.717) is 24.2 Å². The monoisotopic (exact) mass is 409 g/mol. The Kier molecular flexibility index (Phi) is 6.28. The molecular formula is C21H27N7O2. The zero-order valence-corrected chi connectivity index (χ0v) is 17.3. The van der Waals surface area contributed by atoms with Gasteiger partial charge >= 0.3 is 0 Å². The van der Waals surface area contributed by atoms with Crippen LogP contribution in [0.15, 0.2) is 30.6 Å². The van der Waals surface area contributed by atoms with E-state index in [9.17, 15) is 0 Å². The highest BCUT2D eigenvalue weighted by Crippen LogP contribution is 2.33. The quantitative estimate of drug-likeness (QED) is 0.631. The molecule has 158 valence electrons. The van der Waals surface area contributed by atoms with Crippen molar-refractivity contribution in [2.45, 2.75) is 37.5 Å². The predicted octanol–water partition coefficient (Wildman–Crippen LogP) is 1.81. The van der Waals surface area contributed by atoms with E-state index in [4.69, 9.17) is 14.7 Å². The van der Waals surface area contributed by atoms with Gasteiger partial charge in [-0.05, 0) is 32.5 Å². The number of hydrazine groups is 1. The van der Waals surface area contributed by atoms with E-state index in [-0.39, 0.29) is 12.2 Å². The fraction of sp³-hybridized carbons (Fsp3) is 0.476. The van der Waals surface area contributed by atoms with Gasteiger partial charge < -0.3 is 19.7 Å². The smallest absolute Gasteiger partial charge is 0.158 e. The Morgan fingerprint density at radius 1 is 1.30 bits per heavy atom. The van der Waals surface area contributed by atoms with Crippen molar-refractivity contribution in [3.8, 4) is 17.6 Å². The summed E-state index contributed by atoms with van der Waals surface area (Å²) in [5.41, 5.74) is 7.89. The number of likely N-dealkylation sites (N-methyl/N-ethyl adjacent to an activating group) is 1. The minimum atomic E-state index is -0.0317. The van der Waals surface area contributed by atoms with Gasteiger partial charge in [-0.1, -0.05) is 6.07 Å². The molecule has 0 aliphatic carbocycles. The van der Waals surface area contributed by atoms with Gasteiger partial charge in [0.05, 0.1) is 31.7 Å². The third-order valence-electron chi connectivity index (χ3n) is 5.69. The standard InChI is InChI=1S/C21H27N7O2/c1-28-7-3-4-15(28)13-30-16-5-6-17(19(8-16)29-2)18-9-20(27-26-18)25-21-12-23-14(10-22)11-24-21/h5-6,8,11-12,15,18,20,26-27H,3-4,7,9,13H2,1-2H3,(H,24,25)/t15-,18?,20?/m1/s1. The number of nitrogens with one attached hydrogen (secondary N) is 3. The van der Waals surface area contributed by atoms with Crippen molar-refractivity contribution < 1.29 is 9.47 Å². The van der Waals surface area contributed by atoms with E-state index < -0.39 is 0 Å². The first kappa shape index (κ1) is 20.3. The van der Waals surface area contributed by atoms with Crippen molar-refractivity contribution in [2.75, 3.05) is 32.6 Å². The highest BCUT2D eigenvalue weighted by molar-refractivity contribution is 5.43. The zero-order chi connectivity index (χ0) is 20.9. The van der Waals surface area contributed by atoms with Crippen LogP contribution in [0.4, 0.5) is 5.82 Å². The molecule has 9 nitrogen and oxygen atoms in total. The predicted molar refractivity (Wildman–Crippen MR) is 112 cm³/mol. The van der Waals surface area contributed by atoms with Crippen molar-refractivity contribution in [1.82, 2.24) is 25.7 Å². The van der Waals surface area contributed by atoms with E-state index >= 15 is 0 Å². The molecule has 3 atom stereocenters. The minimum Gasteiger partial charge on any atom is -0.496 e. The van der Waals surface area contributed by atoms with Crippen LogP contribution in [-0.2, 0) is 0 Å². The van der Waals surface area contributed by atoms with Gasteiger partial charge in [0, 0.05) is 24.1 Å². The van der Waals surface area contributed by atoms with Crippen LogP contribution in [0.5, 0.6) is 11.5 Å². The first-order valence-corrected chi connectivity index (χ1v) is 10.2. The number of nitrogens with zero attached hydrogens (tertiary/aromatic N) is 4. The Bertz CT molecular complexity index is 899. The number of aromatic nitrogens is 2. The van der Waals surface area contributed by atoms with Crippen molar-refractivity contribution in [2.24, 2.45) is 0 Å². The van der Waals surface area contributed by atoms with Crippen LogP contribution in [0.1, 0.15) is 36.6 Å². The molecule has 0 amide bonds. The normalized spacial score (nSPS) is 23.8. The van der Waals surface area contributed by atoms with E-state index in [1.807, 2.05) is 18.2 Å². The molecule has 1 aromatic heterocycles. The van der Waals surface area contributed by atoms with E-state index in [1.165, 1.54) is 19.0 Å². The van der Waals surface area contributed by atoms with E-state index in [2.05, 4.69) is 44.2 Å². The number of benzene rings is 1. The number of ether oxygens (including phenoxy) is 2. The molecule has 0 saturated carbocycles. The molecule has 30 heavy (non-hydrogen) atoms. The van der Waals surface area contributed by atoms with Crippen LogP contribution < -0.4 is 25.6 Å². The third kappa shape index (κ3) is 4.62. The number of methoxy groups -OCH3 is 1.